The lowest BCUT2D eigenvalue weighted by molar-refractivity contribution is -0.139. The third-order valence-electron chi connectivity index (χ3n) is 1.60. The second kappa shape index (κ2) is 7.36. The molecular weight excluding hydrogens is 176 g/mol. The van der Waals surface area contributed by atoms with Crippen molar-refractivity contribution in [2.75, 3.05) is 6.56 Å². The van der Waals surface area contributed by atoms with Gasteiger partial charge in [0.1, 0.15) is 6.56 Å². The van der Waals surface area contributed by atoms with Crippen LogP contribution in [0.2, 0.25) is 0 Å². The number of hydrogen-bond donors (Lipinski definition) is 0. The second-order valence-electron chi connectivity index (χ2n) is 3.52. The van der Waals surface area contributed by atoms with Crippen molar-refractivity contribution in [1.29, 1.82) is 0 Å². The van der Waals surface area contributed by atoms with E-state index in [2.05, 4.69) is 10.8 Å². The topological polar surface area (TPSA) is 26.3 Å². The Balaban J connectivity index is 4.29. The van der Waals surface area contributed by atoms with Crippen LogP contribution in [0.5, 0.6) is 0 Å². The first-order valence-corrected chi connectivity index (χ1v) is 4.74. The van der Waals surface area contributed by atoms with E-state index in [0.717, 1.165) is 18.4 Å². The van der Waals surface area contributed by atoms with Crippen LogP contribution < -0.4 is 0 Å². The van der Waals surface area contributed by atoms with Gasteiger partial charge >= 0.3 is 5.97 Å². The summed E-state index contributed by atoms with van der Waals surface area (Å²) in [4.78, 5) is 10.6. The average Bonchev–Trinajstić information content (AvgIpc) is 1.98. The molecule has 0 aromatic heterocycles. The minimum absolute atomic E-state index is 0.613. The summed E-state index contributed by atoms with van der Waals surface area (Å²) in [6.07, 6.45) is 5.10. The maximum absolute atomic E-state index is 10.6. The monoisotopic (exact) mass is 198 g/mol. The van der Waals surface area contributed by atoms with Crippen LogP contribution >= 0.6 is 0 Å². The van der Waals surface area contributed by atoms with E-state index in [1.807, 2.05) is 20.8 Å². The molecule has 0 heterocycles. The van der Waals surface area contributed by atoms with Crippen LogP contribution in [-0.4, -0.2) is 12.5 Å². The smallest absolute Gasteiger partial charge is 0.302 e. The van der Waals surface area contributed by atoms with Gasteiger partial charge < -0.3 is 4.74 Å². The van der Waals surface area contributed by atoms with Crippen LogP contribution in [0.4, 0.5) is 0 Å². The van der Waals surface area contributed by atoms with Gasteiger partial charge in [-0.05, 0) is 39.7 Å². The largest absolute Gasteiger partial charge is 0.462 e. The van der Waals surface area contributed by atoms with Crippen molar-refractivity contribution in [2.45, 2.75) is 40.5 Å². The maximum Gasteiger partial charge on any atom is 0.302 e. The van der Waals surface area contributed by atoms with Crippen molar-refractivity contribution in [2.24, 2.45) is 0 Å². The molecule has 0 radical (unpaired) electrons. The highest BCUT2D eigenvalue weighted by Gasteiger charge is 1.91. The van der Waals surface area contributed by atoms with Crippen molar-refractivity contribution >= 4 is 5.97 Å². The molecule has 0 bridgehead atoms. The fourth-order valence-corrected chi connectivity index (χ4v) is 0.874. The molecule has 0 aromatic carbocycles. The zero-order chi connectivity index (χ0) is 12.8. The van der Waals surface area contributed by atoms with Gasteiger partial charge in [0.25, 0.3) is 0 Å². The van der Waals surface area contributed by atoms with Gasteiger partial charge in [-0.25, -0.2) is 0 Å². The Morgan fingerprint density at radius 3 is 2.43 bits per heavy atom. The van der Waals surface area contributed by atoms with Gasteiger partial charge in [-0.1, -0.05) is 17.2 Å². The molecule has 0 aliphatic rings. The summed E-state index contributed by atoms with van der Waals surface area (Å²) in [7, 11) is 0. The minimum Gasteiger partial charge on any atom is -0.462 e. The quantitative estimate of drug-likeness (QED) is 0.500. The highest BCUT2D eigenvalue weighted by molar-refractivity contribution is 5.66. The first-order chi connectivity index (χ1) is 7.23. The van der Waals surface area contributed by atoms with Crippen molar-refractivity contribution in [1.82, 2.24) is 0 Å². The third-order valence-corrected chi connectivity index (χ3v) is 1.60. The third kappa shape index (κ3) is 9.04. The molecule has 0 amide bonds. The normalized spacial score (nSPS) is 14.1. The Labute approximate surface area is 89.5 Å². The molecule has 2 heteroatoms. The molecule has 2 nitrogen and oxygen atoms in total. The standard InChI is InChI=1S/C12H20O2/c1-10(2)6-5-7-11(3)8-9-14-12(4)13/h6,8H,5,7,9H2,1-4H3/b11-8+/i9D2. The predicted octanol–water partition coefficient (Wildman–Crippen LogP) is 3.24. The van der Waals surface area contributed by atoms with E-state index in [1.165, 1.54) is 18.6 Å². The molecule has 14 heavy (non-hydrogen) atoms. The van der Waals surface area contributed by atoms with Gasteiger partial charge in [0, 0.05) is 6.92 Å². The number of hydrogen-bond acceptors (Lipinski definition) is 2. The number of esters is 1. The predicted molar refractivity (Wildman–Crippen MR) is 59.1 cm³/mol. The van der Waals surface area contributed by atoms with Gasteiger partial charge in [0.15, 0.2) is 0 Å². The first kappa shape index (κ1) is 9.50. The van der Waals surface area contributed by atoms with Crippen molar-refractivity contribution < 1.29 is 12.3 Å². The summed E-state index contributed by atoms with van der Waals surface area (Å²) in [5, 5.41) is 0. The molecule has 0 aromatic rings. The molecule has 0 atom stereocenters. The molecule has 0 saturated heterocycles. The molecular formula is C12H20O2. The number of carbonyl (C=O) groups is 1. The number of allylic oxidation sites excluding steroid dienone is 3. The van der Waals surface area contributed by atoms with Crippen molar-refractivity contribution in [3.8, 4) is 0 Å². The molecule has 0 aliphatic heterocycles. The summed E-state index contributed by atoms with van der Waals surface area (Å²) < 4.78 is 19.4. The van der Waals surface area contributed by atoms with Gasteiger partial charge in [-0.3, -0.25) is 4.79 Å². The maximum atomic E-state index is 10.6. The highest BCUT2D eigenvalue weighted by Crippen LogP contribution is 2.06. The molecule has 0 rings (SSSR count). The Morgan fingerprint density at radius 1 is 1.29 bits per heavy atom. The first-order valence-electron chi connectivity index (χ1n) is 5.74. The van der Waals surface area contributed by atoms with E-state index in [9.17, 15) is 4.79 Å². The Morgan fingerprint density at radius 2 is 1.93 bits per heavy atom. The van der Waals surface area contributed by atoms with E-state index in [0.29, 0.717) is 0 Å². The van der Waals surface area contributed by atoms with E-state index in [1.54, 1.807) is 0 Å². The van der Waals surface area contributed by atoms with Gasteiger partial charge in [-0.15, -0.1) is 0 Å². The molecule has 0 spiro atoms. The van der Waals surface area contributed by atoms with Crippen LogP contribution in [0.3, 0.4) is 0 Å². The number of carbonyl (C=O) groups excluding carboxylic acids is 1. The molecule has 0 aliphatic carbocycles. The van der Waals surface area contributed by atoms with Crippen molar-refractivity contribution in [3.63, 3.8) is 0 Å². The van der Waals surface area contributed by atoms with Gasteiger partial charge in [-0.2, -0.15) is 0 Å². The van der Waals surface area contributed by atoms with Gasteiger partial charge in [0.05, 0.1) is 2.74 Å². The molecule has 0 fully saturated rings. The lowest BCUT2D eigenvalue weighted by atomic mass is 10.1. The van der Waals surface area contributed by atoms with Crippen LogP contribution in [0.1, 0.15) is 43.3 Å². The zero-order valence-corrected chi connectivity index (χ0v) is 9.39. The lowest BCUT2D eigenvalue weighted by Gasteiger charge is -2.00. The second-order valence-corrected chi connectivity index (χ2v) is 3.52. The van der Waals surface area contributed by atoms with Crippen LogP contribution in [0.25, 0.3) is 0 Å². The zero-order valence-electron chi connectivity index (χ0n) is 11.4. The molecule has 0 N–H and O–H groups in total. The summed E-state index contributed by atoms with van der Waals surface area (Å²) in [5.41, 5.74) is 2.12. The summed E-state index contributed by atoms with van der Waals surface area (Å²) >= 11 is 0. The number of rotatable bonds is 5. The minimum atomic E-state index is -2.00. The van der Waals surface area contributed by atoms with Crippen LogP contribution in [-0.2, 0) is 9.53 Å². The van der Waals surface area contributed by atoms with E-state index < -0.39 is 12.5 Å². The van der Waals surface area contributed by atoms with E-state index in [-0.39, 0.29) is 0 Å². The summed E-state index contributed by atoms with van der Waals surface area (Å²) in [6.45, 7) is 5.08. The van der Waals surface area contributed by atoms with E-state index in [4.69, 9.17) is 2.74 Å². The fraction of sp³-hybridized carbons (Fsp3) is 0.583. The summed E-state index contributed by atoms with van der Waals surface area (Å²) in [6, 6.07) is 0. The Kier molecular flexibility index (Phi) is 5.00. The Bertz CT molecular complexity index is 300. The highest BCUT2D eigenvalue weighted by atomic mass is 16.5. The van der Waals surface area contributed by atoms with Crippen molar-refractivity contribution in [3.05, 3.63) is 23.3 Å². The molecule has 0 unspecified atom stereocenters. The molecule has 0 saturated carbocycles. The van der Waals surface area contributed by atoms with Gasteiger partial charge in [0.2, 0.25) is 0 Å². The Hall–Kier alpha value is -1.05. The fourth-order valence-electron chi connectivity index (χ4n) is 0.874. The molecule has 80 valence electrons. The average molecular weight is 198 g/mol. The van der Waals surface area contributed by atoms with Crippen LogP contribution in [0.15, 0.2) is 23.3 Å². The van der Waals surface area contributed by atoms with Crippen LogP contribution in [0, 0.1) is 0 Å². The lowest BCUT2D eigenvalue weighted by Crippen LogP contribution is -1.98. The SMILES string of the molecule is [2H]C([2H])(/C=C(\C)CCC=C(C)C)OC(C)=O. The summed E-state index contributed by atoms with van der Waals surface area (Å²) in [5.74, 6) is -0.613. The number of ether oxygens (including phenoxy) is 1. The van der Waals surface area contributed by atoms with E-state index >= 15 is 0 Å².